The lowest BCUT2D eigenvalue weighted by Gasteiger charge is -2.22. The number of fused-ring (bicyclic) bond motifs is 7. The van der Waals surface area contributed by atoms with E-state index in [1.807, 2.05) is 24.3 Å². The summed E-state index contributed by atoms with van der Waals surface area (Å²) < 4.78 is 13.0. The molecule has 36 heavy (non-hydrogen) atoms. The van der Waals surface area contributed by atoms with E-state index in [0.29, 0.717) is 0 Å². The number of rotatable bonds is 2. The van der Waals surface area contributed by atoms with Crippen LogP contribution in [0.5, 0.6) is 0 Å². The zero-order valence-corrected chi connectivity index (χ0v) is 19.7. The second-order valence-corrected chi connectivity index (χ2v) is 9.50. The van der Waals surface area contributed by atoms with Crippen LogP contribution in [0.25, 0.3) is 55.0 Å². The van der Waals surface area contributed by atoms with Gasteiger partial charge in [0.2, 0.25) is 0 Å². The molecule has 0 bridgehead atoms. The molecular weight excluding hydrogens is 444 g/mol. The SMILES string of the molecule is CN1c2ccc(-c3c4oc5ccccc5c4cc4c3oc3ccccc34)cc2NC1c1ccccc1. The number of hydrogen-bond donors (Lipinski definition) is 1. The third-order valence-electron chi connectivity index (χ3n) is 7.47. The van der Waals surface area contributed by atoms with Crippen molar-refractivity contribution in [2.45, 2.75) is 6.17 Å². The maximum absolute atomic E-state index is 6.48. The molecule has 4 heteroatoms. The lowest BCUT2D eigenvalue weighted by atomic mass is 9.98. The minimum Gasteiger partial charge on any atom is -0.455 e. The first-order chi connectivity index (χ1) is 17.8. The van der Waals surface area contributed by atoms with E-state index in [0.717, 1.165) is 60.7 Å². The maximum Gasteiger partial charge on any atom is 0.147 e. The Hall–Kier alpha value is -4.70. The molecule has 1 aliphatic rings. The van der Waals surface area contributed by atoms with E-state index in [1.54, 1.807) is 0 Å². The summed E-state index contributed by atoms with van der Waals surface area (Å²) in [5.74, 6) is 0. The number of anilines is 2. The van der Waals surface area contributed by atoms with Gasteiger partial charge in [-0.05, 0) is 41.5 Å². The summed E-state index contributed by atoms with van der Waals surface area (Å²) in [4.78, 5) is 2.28. The Morgan fingerprint density at radius 2 is 1.25 bits per heavy atom. The summed E-state index contributed by atoms with van der Waals surface area (Å²) in [5, 5.41) is 8.16. The van der Waals surface area contributed by atoms with Crippen molar-refractivity contribution < 1.29 is 8.83 Å². The standard InChI is InChI=1S/C32H22N2O2/c1-34-26-16-15-20(17-25(26)33-32(34)19-9-3-2-4-10-19)29-30-23(21-11-5-7-13-27(21)35-30)18-24-22-12-6-8-14-28(22)36-31(24)29/h2-18,32-33H,1H3. The van der Waals surface area contributed by atoms with Gasteiger partial charge in [0.1, 0.15) is 28.5 Å². The summed E-state index contributed by atoms with van der Waals surface area (Å²) in [6.07, 6.45) is 0.0877. The second-order valence-electron chi connectivity index (χ2n) is 9.50. The molecule has 0 amide bonds. The van der Waals surface area contributed by atoms with Gasteiger partial charge in [-0.1, -0.05) is 72.8 Å². The normalized spacial score (nSPS) is 15.2. The van der Waals surface area contributed by atoms with E-state index in [-0.39, 0.29) is 6.17 Å². The van der Waals surface area contributed by atoms with Gasteiger partial charge in [-0.3, -0.25) is 0 Å². The molecule has 0 radical (unpaired) electrons. The second kappa shape index (κ2) is 7.15. The smallest absolute Gasteiger partial charge is 0.147 e. The minimum absolute atomic E-state index is 0.0877. The molecule has 0 aliphatic carbocycles. The third kappa shape index (κ3) is 2.64. The van der Waals surface area contributed by atoms with Gasteiger partial charge in [0.05, 0.1) is 16.9 Å². The Morgan fingerprint density at radius 3 is 1.92 bits per heavy atom. The van der Waals surface area contributed by atoms with Crippen LogP contribution in [0.1, 0.15) is 11.7 Å². The van der Waals surface area contributed by atoms with Crippen LogP contribution in [0, 0.1) is 0 Å². The zero-order valence-electron chi connectivity index (χ0n) is 19.7. The Bertz CT molecular complexity index is 1860. The molecule has 1 N–H and O–H groups in total. The molecule has 0 fully saturated rings. The van der Waals surface area contributed by atoms with Crippen LogP contribution in [0.4, 0.5) is 11.4 Å². The highest BCUT2D eigenvalue weighted by atomic mass is 16.3. The van der Waals surface area contributed by atoms with Crippen LogP contribution < -0.4 is 10.2 Å². The predicted octanol–water partition coefficient (Wildman–Crippen LogP) is 8.71. The van der Waals surface area contributed by atoms with Gasteiger partial charge in [0.15, 0.2) is 0 Å². The van der Waals surface area contributed by atoms with Gasteiger partial charge in [-0.25, -0.2) is 0 Å². The minimum atomic E-state index is 0.0877. The van der Waals surface area contributed by atoms with Gasteiger partial charge >= 0.3 is 0 Å². The number of nitrogens with zero attached hydrogens (tertiary/aromatic N) is 1. The van der Waals surface area contributed by atoms with Gasteiger partial charge in [-0.2, -0.15) is 0 Å². The number of hydrogen-bond acceptors (Lipinski definition) is 4. The summed E-state index contributed by atoms with van der Waals surface area (Å²) in [7, 11) is 2.13. The Morgan fingerprint density at radius 1 is 0.639 bits per heavy atom. The average Bonchev–Trinajstić information content (AvgIpc) is 3.59. The van der Waals surface area contributed by atoms with E-state index in [4.69, 9.17) is 8.83 Å². The third-order valence-corrected chi connectivity index (χ3v) is 7.47. The number of benzene rings is 5. The number of nitrogens with one attached hydrogen (secondary N) is 1. The molecule has 4 nitrogen and oxygen atoms in total. The van der Waals surface area contributed by atoms with Crippen molar-refractivity contribution in [3.05, 3.63) is 109 Å². The molecule has 1 atom stereocenters. The van der Waals surface area contributed by atoms with Crippen LogP contribution in [0.3, 0.4) is 0 Å². The first-order valence-electron chi connectivity index (χ1n) is 12.2. The van der Waals surface area contributed by atoms with Crippen LogP contribution in [-0.4, -0.2) is 7.05 Å². The van der Waals surface area contributed by atoms with Crippen LogP contribution in [0.15, 0.2) is 112 Å². The molecule has 8 rings (SSSR count). The summed E-state index contributed by atoms with van der Waals surface area (Å²) in [6, 6.07) is 35.8. The molecule has 5 aromatic carbocycles. The Kier molecular flexibility index (Phi) is 3.89. The molecule has 0 spiro atoms. The summed E-state index contributed by atoms with van der Waals surface area (Å²) in [6.45, 7) is 0. The molecule has 1 aliphatic heterocycles. The van der Waals surface area contributed by atoms with Crippen LogP contribution in [-0.2, 0) is 0 Å². The lowest BCUT2D eigenvalue weighted by molar-refractivity contribution is 0.658. The first kappa shape index (κ1) is 19.6. The number of para-hydroxylation sites is 2. The van der Waals surface area contributed by atoms with Crippen LogP contribution >= 0.6 is 0 Å². The fourth-order valence-electron chi connectivity index (χ4n) is 5.74. The molecule has 172 valence electrons. The Labute approximate surface area is 207 Å². The molecule has 3 heterocycles. The van der Waals surface area contributed by atoms with Gasteiger partial charge < -0.3 is 19.1 Å². The van der Waals surface area contributed by atoms with Crippen molar-refractivity contribution in [2.75, 3.05) is 17.3 Å². The Balaban J connectivity index is 1.40. The van der Waals surface area contributed by atoms with Crippen molar-refractivity contribution in [3.8, 4) is 11.1 Å². The largest absolute Gasteiger partial charge is 0.455 e. The van der Waals surface area contributed by atoms with Crippen molar-refractivity contribution in [1.82, 2.24) is 0 Å². The fourth-order valence-corrected chi connectivity index (χ4v) is 5.74. The van der Waals surface area contributed by atoms with E-state index in [2.05, 4.69) is 96.1 Å². The first-order valence-corrected chi connectivity index (χ1v) is 12.2. The van der Waals surface area contributed by atoms with Crippen molar-refractivity contribution in [3.63, 3.8) is 0 Å². The highest BCUT2D eigenvalue weighted by molar-refractivity contribution is 6.22. The predicted molar refractivity (Wildman–Crippen MR) is 148 cm³/mol. The monoisotopic (exact) mass is 466 g/mol. The van der Waals surface area contributed by atoms with Gasteiger partial charge in [-0.15, -0.1) is 0 Å². The molecule has 0 saturated heterocycles. The average molecular weight is 467 g/mol. The summed E-state index contributed by atoms with van der Waals surface area (Å²) in [5.41, 5.74) is 9.04. The maximum atomic E-state index is 6.48. The highest BCUT2D eigenvalue weighted by Gasteiger charge is 2.28. The number of furan rings is 2. The lowest BCUT2D eigenvalue weighted by Crippen LogP contribution is -2.23. The van der Waals surface area contributed by atoms with Crippen molar-refractivity contribution >= 4 is 55.3 Å². The zero-order chi connectivity index (χ0) is 23.8. The molecule has 2 aromatic heterocycles. The quantitative estimate of drug-likeness (QED) is 0.277. The van der Waals surface area contributed by atoms with E-state index >= 15 is 0 Å². The molecule has 7 aromatic rings. The molecule has 0 saturated carbocycles. The van der Waals surface area contributed by atoms with Crippen molar-refractivity contribution in [2.24, 2.45) is 0 Å². The highest BCUT2D eigenvalue weighted by Crippen LogP contribution is 2.47. The van der Waals surface area contributed by atoms with Crippen LogP contribution in [0.2, 0.25) is 0 Å². The fraction of sp³-hybridized carbons (Fsp3) is 0.0625. The van der Waals surface area contributed by atoms with E-state index in [1.165, 1.54) is 11.3 Å². The molecule has 1 unspecified atom stereocenters. The van der Waals surface area contributed by atoms with Gasteiger partial charge in [0.25, 0.3) is 0 Å². The van der Waals surface area contributed by atoms with E-state index in [9.17, 15) is 0 Å². The topological polar surface area (TPSA) is 41.6 Å². The van der Waals surface area contributed by atoms with Gasteiger partial charge in [0, 0.05) is 28.6 Å². The molecular formula is C32H22N2O2. The van der Waals surface area contributed by atoms with Crippen molar-refractivity contribution in [1.29, 1.82) is 0 Å². The van der Waals surface area contributed by atoms with E-state index < -0.39 is 0 Å². The summed E-state index contributed by atoms with van der Waals surface area (Å²) >= 11 is 0.